The number of benzene rings is 1. The normalized spacial score (nSPS) is 16.4. The first-order chi connectivity index (χ1) is 9.61. The lowest BCUT2D eigenvalue weighted by Gasteiger charge is -2.34. The maximum Gasteiger partial charge on any atom is 0.253 e. The first kappa shape index (κ1) is 15.6. The molecule has 1 amide bonds. The molecule has 0 atom stereocenters. The summed E-state index contributed by atoms with van der Waals surface area (Å²) in [4.78, 5) is 16.7. The number of amides is 1. The molecule has 3 nitrogen and oxygen atoms in total. The zero-order chi connectivity index (χ0) is 14.5. The Morgan fingerprint density at radius 1 is 1.15 bits per heavy atom. The Morgan fingerprint density at radius 3 is 2.45 bits per heavy atom. The minimum atomic E-state index is 0.0405. The third kappa shape index (κ3) is 3.87. The van der Waals surface area contributed by atoms with Gasteiger partial charge in [-0.2, -0.15) is 0 Å². The Kier molecular flexibility index (Phi) is 5.70. The fourth-order valence-corrected chi connectivity index (χ4v) is 2.67. The van der Waals surface area contributed by atoms with Gasteiger partial charge in [-0.05, 0) is 31.2 Å². The van der Waals surface area contributed by atoms with Gasteiger partial charge in [-0.15, -0.1) is 0 Å². The summed E-state index contributed by atoms with van der Waals surface area (Å²) < 4.78 is 0. The third-order valence-corrected chi connectivity index (χ3v) is 4.39. The van der Waals surface area contributed by atoms with Crippen LogP contribution in [0.25, 0.3) is 0 Å². The molecular formula is C15H20Cl2N2O. The average molecular weight is 315 g/mol. The van der Waals surface area contributed by atoms with Crippen molar-refractivity contribution in [2.24, 2.45) is 0 Å². The maximum atomic E-state index is 12.4. The van der Waals surface area contributed by atoms with Gasteiger partial charge >= 0.3 is 0 Å². The lowest BCUT2D eigenvalue weighted by molar-refractivity contribution is 0.0636. The highest BCUT2D eigenvalue weighted by molar-refractivity contribution is 6.42. The summed E-state index contributed by atoms with van der Waals surface area (Å²) in [6.07, 6.45) is 2.43. The summed E-state index contributed by atoms with van der Waals surface area (Å²) in [5, 5.41) is 0.909. The summed E-state index contributed by atoms with van der Waals surface area (Å²) in [6, 6.07) is 5.06. The highest BCUT2D eigenvalue weighted by Crippen LogP contribution is 2.23. The van der Waals surface area contributed by atoms with Gasteiger partial charge < -0.3 is 4.90 Å². The molecule has 1 saturated heterocycles. The topological polar surface area (TPSA) is 23.6 Å². The van der Waals surface area contributed by atoms with Gasteiger partial charge in [0.15, 0.2) is 0 Å². The van der Waals surface area contributed by atoms with Gasteiger partial charge in [0.2, 0.25) is 0 Å². The highest BCUT2D eigenvalue weighted by atomic mass is 35.5. The molecule has 0 aromatic heterocycles. The monoisotopic (exact) mass is 314 g/mol. The van der Waals surface area contributed by atoms with Gasteiger partial charge in [-0.25, -0.2) is 0 Å². The molecule has 1 fully saturated rings. The van der Waals surface area contributed by atoms with E-state index in [2.05, 4.69) is 11.8 Å². The van der Waals surface area contributed by atoms with Crippen molar-refractivity contribution in [3.63, 3.8) is 0 Å². The van der Waals surface area contributed by atoms with Crippen molar-refractivity contribution < 1.29 is 4.79 Å². The molecule has 0 saturated carbocycles. The molecule has 1 aromatic rings. The molecule has 0 aliphatic carbocycles. The van der Waals surface area contributed by atoms with Crippen LogP contribution in [0.4, 0.5) is 0 Å². The lowest BCUT2D eigenvalue weighted by atomic mass is 10.1. The summed E-state index contributed by atoms with van der Waals surface area (Å²) in [5.74, 6) is 0.0405. The molecule has 1 aliphatic rings. The molecule has 1 heterocycles. The fraction of sp³-hybridized carbons (Fsp3) is 0.533. The fourth-order valence-electron chi connectivity index (χ4n) is 2.37. The van der Waals surface area contributed by atoms with Gasteiger partial charge in [0.1, 0.15) is 0 Å². The molecule has 1 aromatic carbocycles. The van der Waals surface area contributed by atoms with Crippen molar-refractivity contribution in [1.82, 2.24) is 9.80 Å². The van der Waals surface area contributed by atoms with Crippen LogP contribution in [-0.4, -0.2) is 48.4 Å². The van der Waals surface area contributed by atoms with Gasteiger partial charge in [0.25, 0.3) is 5.91 Å². The Balaban J connectivity index is 1.92. The van der Waals surface area contributed by atoms with E-state index in [-0.39, 0.29) is 5.91 Å². The largest absolute Gasteiger partial charge is 0.336 e. The number of unbranched alkanes of at least 4 members (excludes halogenated alkanes) is 1. The van der Waals surface area contributed by atoms with Crippen molar-refractivity contribution in [1.29, 1.82) is 0 Å². The van der Waals surface area contributed by atoms with Gasteiger partial charge in [0, 0.05) is 31.7 Å². The van der Waals surface area contributed by atoms with Crippen molar-refractivity contribution in [2.75, 3.05) is 32.7 Å². The lowest BCUT2D eigenvalue weighted by Crippen LogP contribution is -2.48. The highest BCUT2D eigenvalue weighted by Gasteiger charge is 2.22. The van der Waals surface area contributed by atoms with Gasteiger partial charge in [-0.1, -0.05) is 36.5 Å². The molecule has 0 N–H and O–H groups in total. The summed E-state index contributed by atoms with van der Waals surface area (Å²) in [5.41, 5.74) is 0.612. The number of carbonyl (C=O) groups excluding carboxylic acids is 1. The number of halogens is 2. The van der Waals surface area contributed by atoms with Crippen LogP contribution in [0.3, 0.4) is 0 Å². The summed E-state index contributed by atoms with van der Waals surface area (Å²) >= 11 is 11.8. The van der Waals surface area contributed by atoms with E-state index in [1.807, 2.05) is 4.90 Å². The Labute approximate surface area is 130 Å². The minimum Gasteiger partial charge on any atom is -0.336 e. The molecule has 1 aliphatic heterocycles. The quantitative estimate of drug-likeness (QED) is 0.848. The SMILES string of the molecule is CCCCN1CCN(C(=O)c2ccc(Cl)c(Cl)c2)CC1. The van der Waals surface area contributed by atoms with Crippen LogP contribution in [0, 0.1) is 0 Å². The molecule has 0 bridgehead atoms. The minimum absolute atomic E-state index is 0.0405. The van der Waals surface area contributed by atoms with E-state index >= 15 is 0 Å². The zero-order valence-electron chi connectivity index (χ0n) is 11.7. The predicted octanol–water partition coefficient (Wildman–Crippen LogP) is 3.55. The zero-order valence-corrected chi connectivity index (χ0v) is 13.3. The van der Waals surface area contributed by atoms with E-state index in [0.717, 1.165) is 32.7 Å². The molecule has 2 rings (SSSR count). The number of hydrogen-bond acceptors (Lipinski definition) is 2. The average Bonchev–Trinajstić information content (AvgIpc) is 2.48. The van der Waals surface area contributed by atoms with Crippen LogP contribution < -0.4 is 0 Å². The second kappa shape index (κ2) is 7.30. The molecule has 0 unspecified atom stereocenters. The van der Waals surface area contributed by atoms with Crippen LogP contribution in [0.15, 0.2) is 18.2 Å². The second-order valence-electron chi connectivity index (χ2n) is 5.12. The second-order valence-corrected chi connectivity index (χ2v) is 5.93. The molecule has 5 heteroatoms. The van der Waals surface area contributed by atoms with Crippen molar-refractivity contribution >= 4 is 29.1 Å². The Morgan fingerprint density at radius 2 is 1.85 bits per heavy atom. The first-order valence-electron chi connectivity index (χ1n) is 7.08. The van der Waals surface area contributed by atoms with E-state index in [4.69, 9.17) is 23.2 Å². The van der Waals surface area contributed by atoms with E-state index in [0.29, 0.717) is 15.6 Å². The summed E-state index contributed by atoms with van der Waals surface area (Å²) in [7, 11) is 0. The number of rotatable bonds is 4. The Bertz CT molecular complexity index is 471. The van der Waals surface area contributed by atoms with E-state index < -0.39 is 0 Å². The van der Waals surface area contributed by atoms with Crippen LogP contribution in [0.2, 0.25) is 10.0 Å². The third-order valence-electron chi connectivity index (χ3n) is 3.65. The van der Waals surface area contributed by atoms with Crippen LogP contribution >= 0.6 is 23.2 Å². The van der Waals surface area contributed by atoms with Crippen LogP contribution in [-0.2, 0) is 0 Å². The van der Waals surface area contributed by atoms with Crippen molar-refractivity contribution in [3.8, 4) is 0 Å². The number of piperazine rings is 1. The molecule has 0 spiro atoms. The Hall–Kier alpha value is -0.770. The molecule has 0 radical (unpaired) electrons. The number of carbonyl (C=O) groups is 1. The predicted molar refractivity (Wildman–Crippen MR) is 83.7 cm³/mol. The molecule has 20 heavy (non-hydrogen) atoms. The van der Waals surface area contributed by atoms with Gasteiger partial charge in [-0.3, -0.25) is 9.69 Å². The molecule has 110 valence electrons. The first-order valence-corrected chi connectivity index (χ1v) is 7.84. The summed E-state index contributed by atoms with van der Waals surface area (Å²) in [6.45, 7) is 6.79. The van der Waals surface area contributed by atoms with E-state index in [1.54, 1.807) is 18.2 Å². The van der Waals surface area contributed by atoms with Crippen LogP contribution in [0.5, 0.6) is 0 Å². The van der Waals surface area contributed by atoms with Gasteiger partial charge in [0.05, 0.1) is 10.0 Å². The van der Waals surface area contributed by atoms with E-state index in [1.165, 1.54) is 12.8 Å². The van der Waals surface area contributed by atoms with Crippen molar-refractivity contribution in [3.05, 3.63) is 33.8 Å². The standard InChI is InChI=1S/C15H20Cl2N2O/c1-2-3-6-18-7-9-19(10-8-18)15(20)12-4-5-13(16)14(17)11-12/h4-5,11H,2-3,6-10H2,1H3. The maximum absolute atomic E-state index is 12.4. The van der Waals surface area contributed by atoms with Crippen LogP contribution in [0.1, 0.15) is 30.1 Å². The number of nitrogens with zero attached hydrogens (tertiary/aromatic N) is 2. The number of hydrogen-bond donors (Lipinski definition) is 0. The molecular weight excluding hydrogens is 295 g/mol. The van der Waals surface area contributed by atoms with E-state index in [9.17, 15) is 4.79 Å². The van der Waals surface area contributed by atoms with Crippen molar-refractivity contribution in [2.45, 2.75) is 19.8 Å². The smallest absolute Gasteiger partial charge is 0.253 e.